The van der Waals surface area contributed by atoms with Crippen LogP contribution in [-0.4, -0.2) is 9.97 Å². The van der Waals surface area contributed by atoms with Gasteiger partial charge in [0.15, 0.2) is 0 Å². The fourth-order valence-corrected chi connectivity index (χ4v) is 3.07. The van der Waals surface area contributed by atoms with Crippen LogP contribution < -0.4 is 5.32 Å². The van der Waals surface area contributed by atoms with Gasteiger partial charge in [0, 0.05) is 15.6 Å². The van der Waals surface area contributed by atoms with Gasteiger partial charge >= 0.3 is 0 Å². The number of nitrogens with one attached hydrogen (secondary N) is 1. The first-order valence-electron chi connectivity index (χ1n) is 5.88. The third-order valence-electron chi connectivity index (χ3n) is 3.07. The molecule has 3 nitrogen and oxygen atoms in total. The molecule has 0 amide bonds. The molecule has 0 saturated heterocycles. The topological polar surface area (TPSA) is 37.8 Å². The summed E-state index contributed by atoms with van der Waals surface area (Å²) in [6, 6.07) is 7.58. The molecule has 1 aromatic carbocycles. The van der Waals surface area contributed by atoms with Crippen LogP contribution in [0.3, 0.4) is 0 Å². The number of fused-ring (bicyclic) bond motifs is 1. The molecule has 2 aromatic heterocycles. The Morgan fingerprint density at radius 2 is 1.84 bits per heavy atom. The van der Waals surface area contributed by atoms with Crippen molar-refractivity contribution in [2.45, 2.75) is 13.8 Å². The number of aryl methyl sites for hydroxylation is 2. The zero-order chi connectivity index (χ0) is 13.4. The Kier molecular flexibility index (Phi) is 3.12. The van der Waals surface area contributed by atoms with Gasteiger partial charge in [0.25, 0.3) is 0 Å². The van der Waals surface area contributed by atoms with Crippen molar-refractivity contribution in [2.75, 3.05) is 5.32 Å². The summed E-state index contributed by atoms with van der Waals surface area (Å²) in [6.07, 6.45) is 1.59. The molecule has 0 bridgehead atoms. The molecule has 5 heteroatoms. The average molecular weight is 290 g/mol. The molecule has 0 aliphatic heterocycles. The normalized spacial score (nSPS) is 10.9. The first-order chi connectivity index (χ1) is 9.15. The highest BCUT2D eigenvalue weighted by Crippen LogP contribution is 2.33. The summed E-state index contributed by atoms with van der Waals surface area (Å²) >= 11 is 7.58. The molecule has 19 heavy (non-hydrogen) atoms. The van der Waals surface area contributed by atoms with Crippen molar-refractivity contribution >= 4 is 44.7 Å². The van der Waals surface area contributed by atoms with Crippen LogP contribution in [-0.2, 0) is 0 Å². The van der Waals surface area contributed by atoms with Gasteiger partial charge in [-0.15, -0.1) is 11.3 Å². The zero-order valence-electron chi connectivity index (χ0n) is 10.6. The van der Waals surface area contributed by atoms with Crippen LogP contribution in [0.2, 0.25) is 5.02 Å². The summed E-state index contributed by atoms with van der Waals surface area (Å²) in [6.45, 7) is 4.21. The number of thiophene rings is 1. The smallest absolute Gasteiger partial charge is 0.142 e. The number of halogens is 1. The second-order valence-electron chi connectivity index (χ2n) is 4.32. The fourth-order valence-electron chi connectivity index (χ4n) is 1.95. The summed E-state index contributed by atoms with van der Waals surface area (Å²) in [5, 5.41) is 5.15. The summed E-state index contributed by atoms with van der Waals surface area (Å²) < 4.78 is 0. The van der Waals surface area contributed by atoms with Gasteiger partial charge in [-0.25, -0.2) is 9.97 Å². The van der Waals surface area contributed by atoms with Crippen LogP contribution in [0.5, 0.6) is 0 Å². The highest BCUT2D eigenvalue weighted by molar-refractivity contribution is 7.18. The van der Waals surface area contributed by atoms with E-state index in [1.807, 2.05) is 24.3 Å². The molecular formula is C14H12ClN3S. The molecule has 0 fully saturated rings. The number of anilines is 2. The third-order valence-corrected chi connectivity index (χ3v) is 4.44. The number of hydrogen-bond acceptors (Lipinski definition) is 4. The number of rotatable bonds is 2. The Balaban J connectivity index is 2.07. The monoisotopic (exact) mass is 289 g/mol. The van der Waals surface area contributed by atoms with Crippen LogP contribution in [0.25, 0.3) is 10.2 Å². The molecule has 0 atom stereocenters. The molecule has 1 N–H and O–H groups in total. The van der Waals surface area contributed by atoms with E-state index in [1.165, 1.54) is 10.4 Å². The van der Waals surface area contributed by atoms with E-state index in [4.69, 9.17) is 11.6 Å². The first kappa shape index (κ1) is 12.4. The van der Waals surface area contributed by atoms with Crippen molar-refractivity contribution in [3.05, 3.63) is 46.1 Å². The highest BCUT2D eigenvalue weighted by Gasteiger charge is 2.11. The third kappa shape index (κ3) is 2.29. The lowest BCUT2D eigenvalue weighted by Gasteiger charge is -2.07. The SMILES string of the molecule is Cc1sc2ncnc(Nc3ccc(Cl)cc3)c2c1C. The first-order valence-corrected chi connectivity index (χ1v) is 7.08. The predicted molar refractivity (Wildman–Crippen MR) is 81.6 cm³/mol. The van der Waals surface area contributed by atoms with Gasteiger partial charge in [-0.05, 0) is 43.7 Å². The second-order valence-corrected chi connectivity index (χ2v) is 5.96. The molecular weight excluding hydrogens is 278 g/mol. The molecule has 0 aliphatic rings. The molecule has 0 aliphatic carbocycles. The van der Waals surface area contributed by atoms with Crippen molar-refractivity contribution in [2.24, 2.45) is 0 Å². The van der Waals surface area contributed by atoms with E-state index in [0.717, 1.165) is 26.7 Å². The van der Waals surface area contributed by atoms with E-state index in [0.29, 0.717) is 0 Å². The summed E-state index contributed by atoms with van der Waals surface area (Å²) in [5.74, 6) is 0.842. The van der Waals surface area contributed by atoms with Crippen LogP contribution in [0.15, 0.2) is 30.6 Å². The Bertz CT molecular complexity index is 734. The van der Waals surface area contributed by atoms with Crippen LogP contribution in [0.1, 0.15) is 10.4 Å². The minimum Gasteiger partial charge on any atom is -0.340 e. The Morgan fingerprint density at radius 3 is 2.58 bits per heavy atom. The lowest BCUT2D eigenvalue weighted by Crippen LogP contribution is -1.95. The van der Waals surface area contributed by atoms with Gasteiger partial charge in [0.05, 0.1) is 5.39 Å². The molecule has 3 rings (SSSR count). The maximum Gasteiger partial charge on any atom is 0.142 e. The minimum absolute atomic E-state index is 0.723. The van der Waals surface area contributed by atoms with E-state index in [2.05, 4.69) is 29.1 Å². The molecule has 3 aromatic rings. The summed E-state index contributed by atoms with van der Waals surface area (Å²) in [7, 11) is 0. The standard InChI is InChI=1S/C14H12ClN3S/c1-8-9(2)19-14-12(8)13(16-7-17-14)18-11-5-3-10(15)4-6-11/h3-7H,1-2H3,(H,16,17,18). The summed E-state index contributed by atoms with van der Waals surface area (Å²) in [4.78, 5) is 11.0. The predicted octanol–water partition coefficient (Wildman–Crippen LogP) is 4.71. The summed E-state index contributed by atoms with van der Waals surface area (Å²) in [5.41, 5.74) is 2.20. The van der Waals surface area contributed by atoms with Crippen molar-refractivity contribution in [1.29, 1.82) is 0 Å². The molecule has 2 heterocycles. The van der Waals surface area contributed by atoms with Crippen molar-refractivity contribution in [3.63, 3.8) is 0 Å². The lowest BCUT2D eigenvalue weighted by molar-refractivity contribution is 1.22. The Labute approximate surface area is 120 Å². The second kappa shape index (κ2) is 4.79. The van der Waals surface area contributed by atoms with E-state index in [1.54, 1.807) is 17.7 Å². The molecule has 0 saturated carbocycles. The largest absolute Gasteiger partial charge is 0.340 e. The van der Waals surface area contributed by atoms with Gasteiger partial charge in [-0.1, -0.05) is 11.6 Å². The number of benzene rings is 1. The molecule has 0 spiro atoms. The lowest BCUT2D eigenvalue weighted by atomic mass is 10.2. The van der Waals surface area contributed by atoms with E-state index < -0.39 is 0 Å². The fraction of sp³-hybridized carbons (Fsp3) is 0.143. The van der Waals surface area contributed by atoms with Gasteiger partial charge < -0.3 is 5.32 Å². The van der Waals surface area contributed by atoms with Crippen LogP contribution >= 0.6 is 22.9 Å². The van der Waals surface area contributed by atoms with Gasteiger partial charge in [0.2, 0.25) is 0 Å². The number of aromatic nitrogens is 2. The highest BCUT2D eigenvalue weighted by atomic mass is 35.5. The van der Waals surface area contributed by atoms with Crippen molar-refractivity contribution in [1.82, 2.24) is 9.97 Å². The van der Waals surface area contributed by atoms with E-state index in [-0.39, 0.29) is 0 Å². The molecule has 96 valence electrons. The zero-order valence-corrected chi connectivity index (χ0v) is 12.1. The molecule has 0 radical (unpaired) electrons. The van der Waals surface area contributed by atoms with Crippen molar-refractivity contribution < 1.29 is 0 Å². The van der Waals surface area contributed by atoms with Gasteiger partial charge in [0.1, 0.15) is 17.0 Å². The Morgan fingerprint density at radius 1 is 1.11 bits per heavy atom. The maximum atomic E-state index is 5.89. The van der Waals surface area contributed by atoms with Gasteiger partial charge in [-0.3, -0.25) is 0 Å². The molecule has 0 unspecified atom stereocenters. The quantitative estimate of drug-likeness (QED) is 0.743. The Hall–Kier alpha value is -1.65. The maximum absolute atomic E-state index is 5.89. The van der Waals surface area contributed by atoms with Crippen LogP contribution in [0, 0.1) is 13.8 Å². The van der Waals surface area contributed by atoms with Crippen LogP contribution in [0.4, 0.5) is 11.5 Å². The van der Waals surface area contributed by atoms with Crippen molar-refractivity contribution in [3.8, 4) is 0 Å². The number of hydrogen-bond donors (Lipinski definition) is 1. The average Bonchev–Trinajstić information content (AvgIpc) is 2.69. The number of nitrogens with zero attached hydrogens (tertiary/aromatic N) is 2. The minimum atomic E-state index is 0.723. The van der Waals surface area contributed by atoms with E-state index in [9.17, 15) is 0 Å². The van der Waals surface area contributed by atoms with E-state index >= 15 is 0 Å². The van der Waals surface area contributed by atoms with Gasteiger partial charge in [-0.2, -0.15) is 0 Å².